The van der Waals surface area contributed by atoms with Gasteiger partial charge in [0.05, 0.1) is 25.3 Å². The molecule has 3 rings (SSSR count). The average Bonchev–Trinajstić information content (AvgIpc) is 2.96. The van der Waals surface area contributed by atoms with Crippen LogP contribution in [0.2, 0.25) is 0 Å². The van der Waals surface area contributed by atoms with E-state index in [2.05, 4.69) is 15.3 Å². The van der Waals surface area contributed by atoms with Crippen molar-refractivity contribution >= 4 is 16.7 Å². The van der Waals surface area contributed by atoms with E-state index in [4.69, 9.17) is 9.47 Å². The summed E-state index contributed by atoms with van der Waals surface area (Å²) >= 11 is 0. The van der Waals surface area contributed by atoms with Gasteiger partial charge < -0.3 is 19.8 Å². The number of methoxy groups -OCH3 is 2. The molecule has 0 aliphatic carbocycles. The molecule has 0 aliphatic rings. The molecule has 0 saturated heterocycles. The first kappa shape index (κ1) is 13.3. The maximum atomic E-state index is 5.31. The van der Waals surface area contributed by atoms with Gasteiger partial charge in [0.1, 0.15) is 5.82 Å². The number of hydrogen-bond acceptors (Lipinski definition) is 4. The molecule has 0 aliphatic heterocycles. The SMILES string of the molecule is CNc1ccc(-c2nc3cc(OC)c(OC)cc3[nH]2)cc1. The minimum Gasteiger partial charge on any atom is -0.493 e. The Morgan fingerprint density at radius 1 is 1.00 bits per heavy atom. The molecule has 108 valence electrons. The summed E-state index contributed by atoms with van der Waals surface area (Å²) in [5, 5.41) is 3.10. The van der Waals surface area contributed by atoms with Gasteiger partial charge >= 0.3 is 0 Å². The quantitative estimate of drug-likeness (QED) is 0.771. The summed E-state index contributed by atoms with van der Waals surface area (Å²) in [4.78, 5) is 7.92. The van der Waals surface area contributed by atoms with Gasteiger partial charge in [-0.15, -0.1) is 0 Å². The summed E-state index contributed by atoms with van der Waals surface area (Å²) in [6, 6.07) is 11.9. The first-order valence-electron chi connectivity index (χ1n) is 6.65. The second kappa shape index (κ2) is 5.36. The van der Waals surface area contributed by atoms with E-state index in [9.17, 15) is 0 Å². The van der Waals surface area contributed by atoms with Crippen LogP contribution in [0.3, 0.4) is 0 Å². The fraction of sp³-hybridized carbons (Fsp3) is 0.188. The molecule has 0 bridgehead atoms. The number of fused-ring (bicyclic) bond motifs is 1. The Hall–Kier alpha value is -2.69. The third-order valence-electron chi connectivity index (χ3n) is 3.43. The molecular formula is C16H17N3O2. The molecule has 3 aromatic rings. The molecule has 5 heteroatoms. The summed E-state index contributed by atoms with van der Waals surface area (Å²) in [6.45, 7) is 0. The topological polar surface area (TPSA) is 59.2 Å². The van der Waals surface area contributed by atoms with Crippen molar-refractivity contribution in [1.29, 1.82) is 0 Å². The lowest BCUT2D eigenvalue weighted by atomic mass is 10.2. The summed E-state index contributed by atoms with van der Waals surface area (Å²) < 4.78 is 10.6. The lowest BCUT2D eigenvalue weighted by Gasteiger charge is -2.06. The summed E-state index contributed by atoms with van der Waals surface area (Å²) in [6.07, 6.45) is 0. The van der Waals surface area contributed by atoms with Gasteiger partial charge in [0.15, 0.2) is 11.5 Å². The number of benzene rings is 2. The standard InChI is InChI=1S/C16H17N3O2/c1-17-11-6-4-10(5-7-11)16-18-12-8-14(20-2)15(21-3)9-13(12)19-16/h4-9,17H,1-3H3,(H,18,19). The van der Waals surface area contributed by atoms with E-state index in [0.29, 0.717) is 11.5 Å². The van der Waals surface area contributed by atoms with Crippen LogP contribution >= 0.6 is 0 Å². The number of nitrogens with zero attached hydrogens (tertiary/aromatic N) is 1. The fourth-order valence-electron chi connectivity index (χ4n) is 2.27. The van der Waals surface area contributed by atoms with E-state index in [-0.39, 0.29) is 0 Å². The van der Waals surface area contributed by atoms with Gasteiger partial charge in [0, 0.05) is 30.4 Å². The van der Waals surface area contributed by atoms with Crippen molar-refractivity contribution < 1.29 is 9.47 Å². The van der Waals surface area contributed by atoms with E-state index < -0.39 is 0 Å². The zero-order valence-corrected chi connectivity index (χ0v) is 12.2. The average molecular weight is 283 g/mol. The lowest BCUT2D eigenvalue weighted by Crippen LogP contribution is -1.89. The minimum absolute atomic E-state index is 0.675. The molecule has 0 radical (unpaired) electrons. The van der Waals surface area contributed by atoms with Gasteiger partial charge in [-0.1, -0.05) is 0 Å². The molecule has 1 heterocycles. The smallest absolute Gasteiger partial charge is 0.163 e. The molecule has 1 aromatic heterocycles. The van der Waals surface area contributed by atoms with Crippen molar-refractivity contribution in [2.24, 2.45) is 0 Å². The molecule has 2 N–H and O–H groups in total. The Kier molecular flexibility index (Phi) is 3.39. The fourth-order valence-corrected chi connectivity index (χ4v) is 2.27. The molecule has 2 aromatic carbocycles. The van der Waals surface area contributed by atoms with Crippen molar-refractivity contribution in [3.63, 3.8) is 0 Å². The normalized spacial score (nSPS) is 10.6. The predicted octanol–water partition coefficient (Wildman–Crippen LogP) is 3.29. The molecular weight excluding hydrogens is 266 g/mol. The van der Waals surface area contributed by atoms with Crippen LogP contribution in [0.4, 0.5) is 5.69 Å². The highest BCUT2D eigenvalue weighted by Crippen LogP contribution is 2.32. The van der Waals surface area contributed by atoms with Gasteiger partial charge in [-0.2, -0.15) is 0 Å². The van der Waals surface area contributed by atoms with E-state index in [1.165, 1.54) is 0 Å². The Labute approximate surface area is 122 Å². The largest absolute Gasteiger partial charge is 0.493 e. The van der Waals surface area contributed by atoms with Crippen LogP contribution < -0.4 is 14.8 Å². The van der Waals surface area contributed by atoms with E-state index >= 15 is 0 Å². The number of imidazole rings is 1. The van der Waals surface area contributed by atoms with Gasteiger partial charge in [0.2, 0.25) is 0 Å². The second-order valence-electron chi connectivity index (χ2n) is 4.64. The first-order chi connectivity index (χ1) is 10.2. The molecule has 21 heavy (non-hydrogen) atoms. The van der Waals surface area contributed by atoms with Gasteiger partial charge in [-0.05, 0) is 24.3 Å². The molecule has 5 nitrogen and oxygen atoms in total. The van der Waals surface area contributed by atoms with Crippen LogP contribution in [0.25, 0.3) is 22.4 Å². The third-order valence-corrected chi connectivity index (χ3v) is 3.43. The maximum Gasteiger partial charge on any atom is 0.163 e. The molecule has 0 atom stereocenters. The van der Waals surface area contributed by atoms with Gasteiger partial charge in [-0.25, -0.2) is 4.98 Å². The molecule has 0 unspecified atom stereocenters. The first-order valence-corrected chi connectivity index (χ1v) is 6.65. The molecule has 0 amide bonds. The molecule has 0 fully saturated rings. The third kappa shape index (κ3) is 2.38. The second-order valence-corrected chi connectivity index (χ2v) is 4.64. The lowest BCUT2D eigenvalue weighted by molar-refractivity contribution is 0.356. The van der Waals surface area contributed by atoms with Crippen molar-refractivity contribution in [2.45, 2.75) is 0 Å². The number of hydrogen-bond donors (Lipinski definition) is 2. The number of nitrogens with one attached hydrogen (secondary N) is 2. The number of aromatic amines is 1. The molecule has 0 saturated carbocycles. The highest BCUT2D eigenvalue weighted by molar-refractivity contribution is 5.83. The number of rotatable bonds is 4. The minimum atomic E-state index is 0.675. The zero-order chi connectivity index (χ0) is 14.8. The van der Waals surface area contributed by atoms with Crippen LogP contribution in [0, 0.1) is 0 Å². The highest BCUT2D eigenvalue weighted by Gasteiger charge is 2.10. The number of H-pyrrole nitrogens is 1. The van der Waals surface area contributed by atoms with E-state index in [1.807, 2.05) is 43.4 Å². The van der Waals surface area contributed by atoms with Gasteiger partial charge in [-0.3, -0.25) is 0 Å². The van der Waals surface area contributed by atoms with Crippen molar-refractivity contribution in [1.82, 2.24) is 9.97 Å². The van der Waals surface area contributed by atoms with Crippen LogP contribution in [-0.2, 0) is 0 Å². The van der Waals surface area contributed by atoms with Crippen molar-refractivity contribution in [3.05, 3.63) is 36.4 Å². The summed E-state index contributed by atoms with van der Waals surface area (Å²) in [5.41, 5.74) is 3.86. The Morgan fingerprint density at radius 2 is 1.67 bits per heavy atom. The maximum absolute atomic E-state index is 5.31. The van der Waals surface area contributed by atoms with Crippen LogP contribution in [0.5, 0.6) is 11.5 Å². The van der Waals surface area contributed by atoms with Crippen molar-refractivity contribution in [2.75, 3.05) is 26.6 Å². The Bertz CT molecular complexity index is 722. The Morgan fingerprint density at radius 3 is 2.29 bits per heavy atom. The van der Waals surface area contributed by atoms with Crippen LogP contribution in [0.1, 0.15) is 0 Å². The summed E-state index contributed by atoms with van der Waals surface area (Å²) in [5.74, 6) is 2.18. The predicted molar refractivity (Wildman–Crippen MR) is 84.2 cm³/mol. The van der Waals surface area contributed by atoms with Crippen molar-refractivity contribution in [3.8, 4) is 22.9 Å². The van der Waals surface area contributed by atoms with Gasteiger partial charge in [0.25, 0.3) is 0 Å². The number of anilines is 1. The van der Waals surface area contributed by atoms with Crippen LogP contribution in [-0.4, -0.2) is 31.2 Å². The summed E-state index contributed by atoms with van der Waals surface area (Å²) in [7, 11) is 5.14. The highest BCUT2D eigenvalue weighted by atomic mass is 16.5. The Balaban J connectivity index is 2.07. The van der Waals surface area contributed by atoms with Crippen LogP contribution in [0.15, 0.2) is 36.4 Å². The van der Waals surface area contributed by atoms with E-state index in [1.54, 1.807) is 14.2 Å². The van der Waals surface area contributed by atoms with E-state index in [0.717, 1.165) is 28.1 Å². The monoisotopic (exact) mass is 283 g/mol. The molecule has 0 spiro atoms. The zero-order valence-electron chi connectivity index (χ0n) is 12.2. The number of ether oxygens (including phenoxy) is 2. The number of aromatic nitrogens is 2.